The molecule has 7 heteroatoms. The minimum Gasteiger partial charge on any atom is -0.350 e. The number of aryl methyl sites for hydroxylation is 1. The second-order valence-electron chi connectivity index (χ2n) is 5.84. The summed E-state index contributed by atoms with van der Waals surface area (Å²) in [5, 5.41) is 2.79. The van der Waals surface area contributed by atoms with Crippen molar-refractivity contribution in [2.75, 3.05) is 24.9 Å². The number of carbonyl (C=O) groups is 1. The Kier molecular flexibility index (Phi) is 6.17. The molecule has 0 unspecified atom stereocenters. The van der Waals surface area contributed by atoms with Gasteiger partial charge in [-0.3, -0.25) is 4.79 Å². The standard InChI is InChI=1S/C18H23N3O3S/c1-15-9-7-8-10-16(15)13-19-18(22)14-21(25(23,24)20(2)3)17-11-5-4-6-12-17/h4-12H,13-14H2,1-3H3,(H,19,22). The Morgan fingerprint density at radius 2 is 1.60 bits per heavy atom. The maximum absolute atomic E-state index is 12.6. The molecule has 2 aromatic carbocycles. The molecule has 0 fully saturated rings. The molecule has 0 radical (unpaired) electrons. The highest BCUT2D eigenvalue weighted by atomic mass is 32.2. The van der Waals surface area contributed by atoms with Gasteiger partial charge in [-0.1, -0.05) is 42.5 Å². The van der Waals surface area contributed by atoms with E-state index in [0.717, 1.165) is 19.7 Å². The topological polar surface area (TPSA) is 69.7 Å². The summed E-state index contributed by atoms with van der Waals surface area (Å²) < 4.78 is 27.3. The average molecular weight is 361 g/mol. The van der Waals surface area contributed by atoms with Crippen molar-refractivity contribution < 1.29 is 13.2 Å². The van der Waals surface area contributed by atoms with Crippen LogP contribution in [0.4, 0.5) is 5.69 Å². The van der Waals surface area contributed by atoms with Gasteiger partial charge in [-0.25, -0.2) is 4.31 Å². The molecule has 0 bridgehead atoms. The predicted molar refractivity (Wildman–Crippen MR) is 99.4 cm³/mol. The first-order chi connectivity index (χ1) is 11.8. The van der Waals surface area contributed by atoms with Gasteiger partial charge in [-0.2, -0.15) is 12.7 Å². The molecule has 0 atom stereocenters. The first-order valence-electron chi connectivity index (χ1n) is 7.89. The van der Waals surface area contributed by atoms with Crippen LogP contribution in [-0.2, 0) is 21.5 Å². The van der Waals surface area contributed by atoms with E-state index < -0.39 is 10.2 Å². The normalized spacial score (nSPS) is 11.4. The number of anilines is 1. The zero-order valence-electron chi connectivity index (χ0n) is 14.6. The molecular formula is C18H23N3O3S. The van der Waals surface area contributed by atoms with Crippen molar-refractivity contribution in [3.8, 4) is 0 Å². The molecule has 0 aliphatic carbocycles. The average Bonchev–Trinajstić information content (AvgIpc) is 2.59. The molecule has 0 heterocycles. The van der Waals surface area contributed by atoms with E-state index in [1.54, 1.807) is 30.3 Å². The molecule has 2 aromatic rings. The van der Waals surface area contributed by atoms with Crippen molar-refractivity contribution in [1.29, 1.82) is 0 Å². The van der Waals surface area contributed by atoms with E-state index in [2.05, 4.69) is 5.32 Å². The largest absolute Gasteiger partial charge is 0.350 e. The number of amides is 1. The van der Waals surface area contributed by atoms with Crippen molar-refractivity contribution in [2.24, 2.45) is 0 Å². The lowest BCUT2D eigenvalue weighted by Gasteiger charge is -2.26. The lowest BCUT2D eigenvalue weighted by atomic mass is 10.1. The van der Waals surface area contributed by atoms with E-state index in [1.807, 2.05) is 31.2 Å². The van der Waals surface area contributed by atoms with Gasteiger partial charge in [0, 0.05) is 20.6 Å². The van der Waals surface area contributed by atoms with Gasteiger partial charge in [-0.15, -0.1) is 0 Å². The van der Waals surface area contributed by atoms with Crippen LogP contribution >= 0.6 is 0 Å². The molecule has 134 valence electrons. The van der Waals surface area contributed by atoms with Gasteiger partial charge in [0.15, 0.2) is 0 Å². The van der Waals surface area contributed by atoms with Crippen LogP contribution in [0.1, 0.15) is 11.1 Å². The summed E-state index contributed by atoms with van der Waals surface area (Å²) in [4.78, 5) is 12.3. The highest BCUT2D eigenvalue weighted by Crippen LogP contribution is 2.18. The van der Waals surface area contributed by atoms with Gasteiger partial charge in [0.2, 0.25) is 5.91 Å². The second-order valence-corrected chi connectivity index (χ2v) is 7.90. The monoisotopic (exact) mass is 361 g/mol. The van der Waals surface area contributed by atoms with Crippen LogP contribution in [0.25, 0.3) is 0 Å². The molecule has 1 amide bonds. The van der Waals surface area contributed by atoms with Crippen molar-refractivity contribution in [3.63, 3.8) is 0 Å². The van der Waals surface area contributed by atoms with E-state index in [-0.39, 0.29) is 12.5 Å². The lowest BCUT2D eigenvalue weighted by molar-refractivity contribution is -0.119. The number of hydrogen-bond acceptors (Lipinski definition) is 3. The number of rotatable bonds is 7. The van der Waals surface area contributed by atoms with Crippen molar-refractivity contribution in [1.82, 2.24) is 9.62 Å². The third-order valence-corrected chi connectivity index (χ3v) is 5.63. The Balaban J connectivity index is 2.14. The molecule has 0 aromatic heterocycles. The van der Waals surface area contributed by atoms with Crippen LogP contribution in [0.15, 0.2) is 54.6 Å². The van der Waals surface area contributed by atoms with E-state index in [1.165, 1.54) is 14.1 Å². The number of carbonyl (C=O) groups excluding carboxylic acids is 1. The minimum absolute atomic E-state index is 0.281. The molecule has 0 spiro atoms. The fraction of sp³-hybridized carbons (Fsp3) is 0.278. The number of para-hydroxylation sites is 1. The smallest absolute Gasteiger partial charge is 0.304 e. The summed E-state index contributed by atoms with van der Waals surface area (Å²) in [7, 11) is -0.890. The Hall–Kier alpha value is -2.38. The van der Waals surface area contributed by atoms with Crippen LogP contribution in [0.3, 0.4) is 0 Å². The Bertz CT molecular complexity index is 820. The van der Waals surface area contributed by atoms with Crippen LogP contribution in [0.2, 0.25) is 0 Å². The third-order valence-electron chi connectivity index (χ3n) is 3.81. The predicted octanol–water partition coefficient (Wildman–Crippen LogP) is 1.92. The zero-order chi connectivity index (χ0) is 18.4. The van der Waals surface area contributed by atoms with Crippen molar-refractivity contribution >= 4 is 21.8 Å². The van der Waals surface area contributed by atoms with Gasteiger partial charge in [-0.05, 0) is 30.2 Å². The van der Waals surface area contributed by atoms with Gasteiger partial charge < -0.3 is 5.32 Å². The maximum Gasteiger partial charge on any atom is 0.304 e. The van der Waals surface area contributed by atoms with Crippen LogP contribution in [0.5, 0.6) is 0 Å². The van der Waals surface area contributed by atoms with Crippen molar-refractivity contribution in [2.45, 2.75) is 13.5 Å². The van der Waals surface area contributed by atoms with E-state index in [9.17, 15) is 13.2 Å². The summed E-state index contributed by atoms with van der Waals surface area (Å²) in [6.45, 7) is 2.04. The maximum atomic E-state index is 12.6. The van der Waals surface area contributed by atoms with Gasteiger partial charge in [0.25, 0.3) is 0 Å². The van der Waals surface area contributed by atoms with Crippen molar-refractivity contribution in [3.05, 3.63) is 65.7 Å². The Labute approximate surface area is 149 Å². The van der Waals surface area contributed by atoms with E-state index >= 15 is 0 Å². The SMILES string of the molecule is Cc1ccccc1CNC(=O)CN(c1ccccc1)S(=O)(=O)N(C)C. The molecule has 6 nitrogen and oxygen atoms in total. The van der Waals surface area contributed by atoms with Crippen LogP contribution in [0, 0.1) is 6.92 Å². The second kappa shape index (κ2) is 8.13. The molecule has 25 heavy (non-hydrogen) atoms. The molecule has 0 aliphatic rings. The summed E-state index contributed by atoms with van der Waals surface area (Å²) in [5.41, 5.74) is 2.52. The first kappa shape index (κ1) is 19.0. The molecule has 0 aliphatic heterocycles. The third kappa shape index (κ3) is 4.80. The van der Waals surface area contributed by atoms with Crippen LogP contribution < -0.4 is 9.62 Å². The minimum atomic E-state index is -3.77. The fourth-order valence-electron chi connectivity index (χ4n) is 2.29. The lowest BCUT2D eigenvalue weighted by Crippen LogP contribution is -2.45. The van der Waals surface area contributed by atoms with Gasteiger partial charge in [0.05, 0.1) is 5.69 Å². The first-order valence-corrected chi connectivity index (χ1v) is 9.28. The number of hydrogen-bond donors (Lipinski definition) is 1. The Morgan fingerprint density at radius 1 is 1.00 bits per heavy atom. The zero-order valence-corrected chi connectivity index (χ0v) is 15.5. The number of benzene rings is 2. The van der Waals surface area contributed by atoms with E-state index in [0.29, 0.717) is 12.2 Å². The highest BCUT2D eigenvalue weighted by Gasteiger charge is 2.27. The molecular weight excluding hydrogens is 338 g/mol. The molecule has 0 saturated heterocycles. The number of nitrogens with one attached hydrogen (secondary N) is 1. The van der Waals surface area contributed by atoms with Crippen LogP contribution in [-0.4, -0.2) is 39.3 Å². The molecule has 2 rings (SSSR count). The summed E-state index contributed by atoms with van der Waals surface area (Å²) >= 11 is 0. The van der Waals surface area contributed by atoms with E-state index in [4.69, 9.17) is 0 Å². The Morgan fingerprint density at radius 3 is 2.20 bits per heavy atom. The summed E-state index contributed by atoms with van der Waals surface area (Å²) in [6.07, 6.45) is 0. The summed E-state index contributed by atoms with van der Waals surface area (Å²) in [5.74, 6) is -0.363. The fourth-order valence-corrected chi connectivity index (χ4v) is 3.35. The van der Waals surface area contributed by atoms with Gasteiger partial charge in [0.1, 0.15) is 6.54 Å². The quantitative estimate of drug-likeness (QED) is 0.819. The molecule has 0 saturated carbocycles. The number of nitrogens with zero attached hydrogens (tertiary/aromatic N) is 2. The summed E-state index contributed by atoms with van der Waals surface area (Å²) in [6, 6.07) is 16.3. The highest BCUT2D eigenvalue weighted by molar-refractivity contribution is 7.90. The van der Waals surface area contributed by atoms with Gasteiger partial charge >= 0.3 is 10.2 Å². The molecule has 1 N–H and O–H groups in total.